The normalized spacial score (nSPS) is 11.8. The maximum atomic E-state index is 12.4. The molecule has 0 saturated heterocycles. The first-order valence-electron chi connectivity index (χ1n) is 7.21. The average molecular weight is 392 g/mol. The van der Waals surface area contributed by atoms with Crippen LogP contribution in [0.3, 0.4) is 0 Å². The van der Waals surface area contributed by atoms with E-state index >= 15 is 0 Å². The Kier molecular flexibility index (Phi) is 5.77. The zero-order valence-electron chi connectivity index (χ0n) is 13.2. The highest BCUT2D eigenvalue weighted by Gasteiger charge is 2.31. The van der Waals surface area contributed by atoms with Gasteiger partial charge in [-0.3, -0.25) is 9.59 Å². The fraction of sp³-hybridized carbons (Fsp3) is 0.176. The molecule has 0 unspecified atom stereocenters. The summed E-state index contributed by atoms with van der Waals surface area (Å²) in [5, 5.41) is 0. The number of hydrogen-bond acceptors (Lipinski definition) is 4. The number of halogens is 6. The van der Waals surface area contributed by atoms with Gasteiger partial charge in [0.05, 0.1) is 11.1 Å². The number of carbonyl (C=O) groups excluding carboxylic acids is 2. The molecule has 0 heterocycles. The Hall–Kier alpha value is -3.04. The van der Waals surface area contributed by atoms with E-state index in [0.717, 1.165) is 24.3 Å². The molecule has 0 N–H and O–H groups in total. The zero-order chi connectivity index (χ0) is 20.2. The largest absolute Gasteiger partial charge is 0.426 e. The number of rotatable bonds is 4. The van der Waals surface area contributed by atoms with Crippen molar-refractivity contribution in [2.45, 2.75) is 18.8 Å². The minimum Gasteiger partial charge on any atom is -0.426 e. The molecule has 0 radical (unpaired) electrons. The molecule has 0 aromatic heterocycles. The van der Waals surface area contributed by atoms with Crippen LogP contribution in [0, 0.1) is 0 Å². The van der Waals surface area contributed by atoms with Gasteiger partial charge in [-0.1, -0.05) is 0 Å². The Bertz CT molecular complexity index is 738. The highest BCUT2D eigenvalue weighted by molar-refractivity contribution is 5.93. The van der Waals surface area contributed by atoms with Crippen molar-refractivity contribution in [1.29, 1.82) is 0 Å². The molecule has 144 valence electrons. The smallest absolute Gasteiger partial charge is 0.416 e. The first-order chi connectivity index (χ1) is 12.4. The van der Waals surface area contributed by atoms with Crippen molar-refractivity contribution in [1.82, 2.24) is 0 Å². The van der Waals surface area contributed by atoms with E-state index < -0.39 is 41.8 Å². The number of hydrogen-bond donors (Lipinski definition) is 0. The molecule has 0 aliphatic heterocycles. The zero-order valence-corrected chi connectivity index (χ0v) is 13.2. The number of carbonyl (C=O) groups is 2. The maximum absolute atomic E-state index is 12.4. The summed E-state index contributed by atoms with van der Waals surface area (Å²) < 4.78 is 83.9. The Morgan fingerprint density at radius 3 is 1.19 bits per heavy atom. The third-order valence-electron chi connectivity index (χ3n) is 3.12. The van der Waals surface area contributed by atoms with Gasteiger partial charge in [0.15, 0.2) is 0 Å². The van der Waals surface area contributed by atoms with Crippen LogP contribution in [0.5, 0.6) is 11.5 Å². The van der Waals surface area contributed by atoms with Crippen molar-refractivity contribution in [2.75, 3.05) is 0 Å². The lowest BCUT2D eigenvalue weighted by molar-refractivity contribution is -0.144. The van der Waals surface area contributed by atoms with Crippen molar-refractivity contribution in [3.8, 4) is 11.5 Å². The lowest BCUT2D eigenvalue weighted by Crippen LogP contribution is -2.18. The number of esters is 2. The van der Waals surface area contributed by atoms with Crippen LogP contribution in [0.1, 0.15) is 17.5 Å². The molecule has 10 heteroatoms. The Morgan fingerprint density at radius 1 is 0.630 bits per heavy atom. The van der Waals surface area contributed by atoms with E-state index in [0.29, 0.717) is 24.3 Å². The fourth-order valence-electron chi connectivity index (χ4n) is 1.88. The molecule has 0 amide bonds. The molecule has 0 aliphatic carbocycles. The van der Waals surface area contributed by atoms with Crippen LogP contribution >= 0.6 is 0 Å². The highest BCUT2D eigenvalue weighted by Crippen LogP contribution is 2.31. The molecule has 0 fully saturated rings. The standard InChI is InChI=1S/C17H10F6O4/c18-16(19,20)10-1-5-12(6-2-10)26-14(24)9-15(25)27-13-7-3-11(4-8-13)17(21,22)23/h1-8H,9H2. The Morgan fingerprint density at radius 2 is 0.926 bits per heavy atom. The van der Waals surface area contributed by atoms with Crippen LogP contribution in [-0.2, 0) is 21.9 Å². The van der Waals surface area contributed by atoms with Crippen LogP contribution in [0.4, 0.5) is 26.3 Å². The van der Waals surface area contributed by atoms with E-state index in [1.165, 1.54) is 0 Å². The van der Waals surface area contributed by atoms with Crippen molar-refractivity contribution in [3.63, 3.8) is 0 Å². The minimum absolute atomic E-state index is 0.213. The van der Waals surface area contributed by atoms with E-state index in [4.69, 9.17) is 9.47 Å². The summed E-state index contributed by atoms with van der Waals surface area (Å²) in [6.45, 7) is 0. The van der Waals surface area contributed by atoms with Crippen molar-refractivity contribution < 1.29 is 45.4 Å². The summed E-state index contributed by atoms with van der Waals surface area (Å²) in [6, 6.07) is 6.41. The summed E-state index contributed by atoms with van der Waals surface area (Å²) >= 11 is 0. The predicted octanol–water partition coefficient (Wildman–Crippen LogP) is 4.63. The second kappa shape index (κ2) is 7.68. The van der Waals surface area contributed by atoms with E-state index in [9.17, 15) is 35.9 Å². The van der Waals surface area contributed by atoms with Gasteiger partial charge in [0, 0.05) is 0 Å². The maximum Gasteiger partial charge on any atom is 0.416 e. The van der Waals surface area contributed by atoms with Crippen molar-refractivity contribution in [2.24, 2.45) is 0 Å². The minimum atomic E-state index is -4.55. The molecule has 0 saturated carbocycles. The summed E-state index contributed by atoms with van der Waals surface area (Å²) in [6.07, 6.45) is -9.98. The van der Waals surface area contributed by atoms with Gasteiger partial charge in [0.2, 0.25) is 0 Å². The molecule has 0 bridgehead atoms. The lowest BCUT2D eigenvalue weighted by Gasteiger charge is -2.09. The van der Waals surface area contributed by atoms with Crippen LogP contribution in [0.2, 0.25) is 0 Å². The molecule has 0 atom stereocenters. The number of benzene rings is 2. The van der Waals surface area contributed by atoms with E-state index in [1.807, 2.05) is 0 Å². The van der Waals surface area contributed by atoms with E-state index in [-0.39, 0.29) is 11.5 Å². The topological polar surface area (TPSA) is 52.6 Å². The molecule has 4 nitrogen and oxygen atoms in total. The van der Waals surface area contributed by atoms with Crippen LogP contribution < -0.4 is 9.47 Å². The van der Waals surface area contributed by atoms with Gasteiger partial charge in [0.1, 0.15) is 17.9 Å². The van der Waals surface area contributed by atoms with Gasteiger partial charge in [-0.05, 0) is 48.5 Å². The summed E-state index contributed by atoms with van der Waals surface area (Å²) in [5.41, 5.74) is -1.88. The van der Waals surface area contributed by atoms with Gasteiger partial charge >= 0.3 is 24.3 Å². The van der Waals surface area contributed by atoms with Gasteiger partial charge in [-0.15, -0.1) is 0 Å². The second-order valence-corrected chi connectivity index (χ2v) is 5.17. The van der Waals surface area contributed by atoms with Gasteiger partial charge < -0.3 is 9.47 Å². The summed E-state index contributed by atoms with van der Waals surface area (Å²) in [5.74, 6) is -2.64. The van der Waals surface area contributed by atoms with Crippen LogP contribution in [-0.4, -0.2) is 11.9 Å². The van der Waals surface area contributed by atoms with Crippen molar-refractivity contribution >= 4 is 11.9 Å². The predicted molar refractivity (Wildman–Crippen MR) is 78.8 cm³/mol. The van der Waals surface area contributed by atoms with Gasteiger partial charge in [0.25, 0.3) is 0 Å². The first-order valence-corrected chi connectivity index (χ1v) is 7.21. The SMILES string of the molecule is O=C(CC(=O)Oc1ccc(C(F)(F)F)cc1)Oc1ccc(C(F)(F)F)cc1. The summed E-state index contributed by atoms with van der Waals surface area (Å²) in [4.78, 5) is 23.2. The molecule has 2 rings (SSSR count). The third kappa shape index (κ3) is 6.01. The first kappa shape index (κ1) is 20.3. The molecular weight excluding hydrogens is 382 g/mol. The van der Waals surface area contributed by atoms with Gasteiger partial charge in [-0.25, -0.2) is 0 Å². The average Bonchev–Trinajstić information content (AvgIpc) is 2.53. The fourth-order valence-corrected chi connectivity index (χ4v) is 1.88. The Labute approximate surface area is 148 Å². The number of alkyl halides is 6. The molecular formula is C17H10F6O4. The molecule has 2 aromatic carbocycles. The molecule has 0 aliphatic rings. The number of ether oxygens (including phenoxy) is 2. The summed E-state index contributed by atoms with van der Waals surface area (Å²) in [7, 11) is 0. The van der Waals surface area contributed by atoms with Crippen LogP contribution in [0.15, 0.2) is 48.5 Å². The monoisotopic (exact) mass is 392 g/mol. The molecule has 2 aromatic rings. The van der Waals surface area contributed by atoms with E-state index in [1.54, 1.807) is 0 Å². The van der Waals surface area contributed by atoms with Crippen LogP contribution in [0.25, 0.3) is 0 Å². The van der Waals surface area contributed by atoms with E-state index in [2.05, 4.69) is 0 Å². The quantitative estimate of drug-likeness (QED) is 0.330. The third-order valence-corrected chi connectivity index (χ3v) is 3.12. The van der Waals surface area contributed by atoms with Crippen molar-refractivity contribution in [3.05, 3.63) is 59.7 Å². The van der Waals surface area contributed by atoms with Gasteiger partial charge in [-0.2, -0.15) is 26.3 Å². The lowest BCUT2D eigenvalue weighted by atomic mass is 10.2. The Balaban J connectivity index is 1.89. The molecule has 27 heavy (non-hydrogen) atoms. The highest BCUT2D eigenvalue weighted by atomic mass is 19.4. The molecule has 0 spiro atoms. The second-order valence-electron chi connectivity index (χ2n) is 5.17.